The average molecular weight is 347 g/mol. The van der Waals surface area contributed by atoms with Gasteiger partial charge in [0.1, 0.15) is 0 Å². The minimum atomic E-state index is 0.486. The lowest BCUT2D eigenvalue weighted by atomic mass is 9.44. The summed E-state index contributed by atoms with van der Waals surface area (Å²) < 4.78 is 0. The second-order valence-electron chi connectivity index (χ2n) is 11.1. The van der Waals surface area contributed by atoms with Crippen LogP contribution in [0.3, 0.4) is 0 Å². The van der Waals surface area contributed by atoms with Crippen molar-refractivity contribution >= 4 is 0 Å². The van der Waals surface area contributed by atoms with E-state index in [9.17, 15) is 0 Å². The summed E-state index contributed by atoms with van der Waals surface area (Å²) in [5.74, 6) is 4.81. The van der Waals surface area contributed by atoms with Crippen molar-refractivity contribution in [3.05, 3.63) is 0 Å². The Morgan fingerprint density at radius 2 is 1.56 bits per heavy atom. The van der Waals surface area contributed by atoms with E-state index in [1.54, 1.807) is 0 Å². The van der Waals surface area contributed by atoms with E-state index >= 15 is 0 Å². The molecule has 0 spiro atoms. The summed E-state index contributed by atoms with van der Waals surface area (Å²) in [7, 11) is 4.56. The first-order chi connectivity index (χ1) is 11.8. The highest BCUT2D eigenvalue weighted by Crippen LogP contribution is 2.67. The summed E-state index contributed by atoms with van der Waals surface area (Å²) in [4.78, 5) is 2.48. The molecule has 9 atom stereocenters. The molecule has 4 fully saturated rings. The van der Waals surface area contributed by atoms with Crippen LogP contribution in [0.4, 0.5) is 0 Å². The molecule has 2 heteroatoms. The van der Waals surface area contributed by atoms with E-state index in [2.05, 4.69) is 39.8 Å². The van der Waals surface area contributed by atoms with Crippen molar-refractivity contribution in [2.45, 2.75) is 90.6 Å². The molecule has 0 amide bonds. The number of hydrogen-bond donors (Lipinski definition) is 1. The van der Waals surface area contributed by atoms with Crippen molar-refractivity contribution < 1.29 is 0 Å². The van der Waals surface area contributed by atoms with Crippen LogP contribution in [0.2, 0.25) is 0 Å². The molecular formula is C23H42N2. The Kier molecular flexibility index (Phi) is 4.56. The van der Waals surface area contributed by atoms with Crippen molar-refractivity contribution in [1.82, 2.24) is 4.90 Å². The standard InChI is InChI=1S/C23H42N2/c1-15(25(4)5)19-8-9-20-18-7-6-16-14-17(24)10-12-22(16,2)21(18)11-13-23(19,20)3/h15-21H,6-14,24H2,1-5H3/t15-,16-,17-,18-,19+,20+,21+,22-,23+/m0/s1. The Labute approximate surface area is 156 Å². The Balaban J connectivity index is 1.58. The summed E-state index contributed by atoms with van der Waals surface area (Å²) in [6, 6.07) is 1.21. The number of hydrogen-bond acceptors (Lipinski definition) is 2. The molecule has 4 aliphatic carbocycles. The minimum absolute atomic E-state index is 0.486. The highest BCUT2D eigenvalue weighted by atomic mass is 15.1. The number of nitrogens with two attached hydrogens (primary N) is 1. The van der Waals surface area contributed by atoms with Gasteiger partial charge in [0.15, 0.2) is 0 Å². The fourth-order valence-corrected chi connectivity index (χ4v) is 8.48. The van der Waals surface area contributed by atoms with Crippen LogP contribution in [0.15, 0.2) is 0 Å². The highest BCUT2D eigenvalue weighted by Gasteiger charge is 2.60. The van der Waals surface area contributed by atoms with E-state index < -0.39 is 0 Å². The van der Waals surface area contributed by atoms with Gasteiger partial charge in [0.2, 0.25) is 0 Å². The molecule has 4 rings (SSSR count). The molecule has 2 N–H and O–H groups in total. The molecule has 0 aliphatic heterocycles. The molecular weight excluding hydrogens is 304 g/mol. The van der Waals surface area contributed by atoms with Gasteiger partial charge in [-0.2, -0.15) is 0 Å². The smallest absolute Gasteiger partial charge is 0.00944 e. The number of fused-ring (bicyclic) bond motifs is 5. The van der Waals surface area contributed by atoms with E-state index in [-0.39, 0.29) is 0 Å². The van der Waals surface area contributed by atoms with Crippen molar-refractivity contribution in [3.8, 4) is 0 Å². The van der Waals surface area contributed by atoms with Gasteiger partial charge in [0.05, 0.1) is 0 Å². The van der Waals surface area contributed by atoms with Gasteiger partial charge in [0, 0.05) is 12.1 Å². The van der Waals surface area contributed by atoms with Crippen LogP contribution in [-0.2, 0) is 0 Å². The molecule has 25 heavy (non-hydrogen) atoms. The fraction of sp³-hybridized carbons (Fsp3) is 1.00. The zero-order valence-corrected chi connectivity index (χ0v) is 17.4. The lowest BCUT2D eigenvalue weighted by Gasteiger charge is -2.61. The predicted octanol–water partition coefficient (Wildman–Crippen LogP) is 4.92. The third kappa shape index (κ3) is 2.64. The monoisotopic (exact) mass is 346 g/mol. The van der Waals surface area contributed by atoms with Crippen LogP contribution >= 0.6 is 0 Å². The highest BCUT2D eigenvalue weighted by molar-refractivity contribution is 5.10. The lowest BCUT2D eigenvalue weighted by molar-refractivity contribution is -0.116. The van der Waals surface area contributed by atoms with E-state index in [1.165, 1.54) is 57.8 Å². The summed E-state index contributed by atoms with van der Waals surface area (Å²) in [6.07, 6.45) is 12.9. The molecule has 0 aromatic carbocycles. The first-order valence-corrected chi connectivity index (χ1v) is 11.2. The van der Waals surface area contributed by atoms with Crippen molar-refractivity contribution in [2.24, 2.45) is 46.2 Å². The zero-order chi connectivity index (χ0) is 18.0. The van der Waals surface area contributed by atoms with E-state index in [0.29, 0.717) is 16.9 Å². The van der Waals surface area contributed by atoms with Crippen LogP contribution < -0.4 is 5.73 Å². The molecule has 0 bridgehead atoms. The molecule has 0 radical (unpaired) electrons. The number of rotatable bonds is 2. The number of nitrogens with zero attached hydrogens (tertiary/aromatic N) is 1. The summed E-state index contributed by atoms with van der Waals surface area (Å²) in [5, 5.41) is 0. The van der Waals surface area contributed by atoms with Gasteiger partial charge >= 0.3 is 0 Å². The maximum atomic E-state index is 6.35. The van der Waals surface area contributed by atoms with Gasteiger partial charge in [-0.3, -0.25) is 0 Å². The minimum Gasteiger partial charge on any atom is -0.328 e. The maximum absolute atomic E-state index is 6.35. The summed E-state index contributed by atoms with van der Waals surface area (Å²) in [6.45, 7) is 7.82. The quantitative estimate of drug-likeness (QED) is 0.768. The Bertz CT molecular complexity index is 502. The molecule has 0 saturated heterocycles. The van der Waals surface area contributed by atoms with Gasteiger partial charge < -0.3 is 10.6 Å². The average Bonchev–Trinajstić information content (AvgIpc) is 2.92. The lowest BCUT2D eigenvalue weighted by Crippen LogP contribution is -2.55. The summed E-state index contributed by atoms with van der Waals surface area (Å²) >= 11 is 0. The predicted molar refractivity (Wildman–Crippen MR) is 106 cm³/mol. The van der Waals surface area contributed by atoms with Crippen molar-refractivity contribution in [3.63, 3.8) is 0 Å². The Hall–Kier alpha value is -0.0800. The first-order valence-electron chi connectivity index (χ1n) is 11.2. The van der Waals surface area contributed by atoms with Crippen LogP contribution in [0.5, 0.6) is 0 Å². The van der Waals surface area contributed by atoms with E-state index in [1.807, 2.05) is 0 Å². The SMILES string of the molecule is C[C@@H]([C@H]1CC[C@@H]2[C@@H]3CC[C@H]4C[C@@H](N)CC[C@]4(C)[C@@H]3CC[C@@]21C)N(C)C. The van der Waals surface area contributed by atoms with Crippen LogP contribution in [0.1, 0.15) is 78.6 Å². The normalized spacial score (nSPS) is 53.9. The Morgan fingerprint density at radius 3 is 2.28 bits per heavy atom. The zero-order valence-electron chi connectivity index (χ0n) is 17.4. The fourth-order valence-electron chi connectivity index (χ4n) is 8.48. The Morgan fingerprint density at radius 1 is 0.880 bits per heavy atom. The molecule has 0 aromatic heterocycles. The largest absolute Gasteiger partial charge is 0.328 e. The molecule has 4 aliphatic rings. The topological polar surface area (TPSA) is 29.3 Å². The first kappa shape index (κ1) is 18.3. The van der Waals surface area contributed by atoms with Crippen LogP contribution in [0, 0.1) is 40.4 Å². The van der Waals surface area contributed by atoms with Crippen LogP contribution in [-0.4, -0.2) is 31.1 Å². The molecule has 4 saturated carbocycles. The van der Waals surface area contributed by atoms with Gasteiger partial charge in [-0.1, -0.05) is 13.8 Å². The summed E-state index contributed by atoms with van der Waals surface area (Å²) in [5.41, 5.74) is 7.55. The molecule has 144 valence electrons. The molecule has 2 nitrogen and oxygen atoms in total. The van der Waals surface area contributed by atoms with Gasteiger partial charge in [0.25, 0.3) is 0 Å². The van der Waals surface area contributed by atoms with Crippen LogP contribution in [0.25, 0.3) is 0 Å². The molecule has 0 aromatic rings. The van der Waals surface area contributed by atoms with Crippen molar-refractivity contribution in [2.75, 3.05) is 14.1 Å². The third-order valence-electron chi connectivity index (χ3n) is 10.2. The molecule has 0 heterocycles. The van der Waals surface area contributed by atoms with E-state index in [4.69, 9.17) is 5.73 Å². The van der Waals surface area contributed by atoms with Gasteiger partial charge in [-0.05, 0) is 119 Å². The second-order valence-corrected chi connectivity index (χ2v) is 11.1. The van der Waals surface area contributed by atoms with Crippen molar-refractivity contribution in [1.29, 1.82) is 0 Å². The maximum Gasteiger partial charge on any atom is 0.00944 e. The van der Waals surface area contributed by atoms with Gasteiger partial charge in [-0.25, -0.2) is 0 Å². The second kappa shape index (κ2) is 6.23. The van der Waals surface area contributed by atoms with Gasteiger partial charge in [-0.15, -0.1) is 0 Å². The molecule has 0 unspecified atom stereocenters. The van der Waals surface area contributed by atoms with E-state index in [0.717, 1.165) is 35.6 Å². The third-order valence-corrected chi connectivity index (χ3v) is 10.2.